The molecule has 0 saturated heterocycles. The molecule has 2 heteroatoms. The van der Waals surface area contributed by atoms with Crippen LogP contribution in [0.5, 0.6) is 0 Å². The van der Waals surface area contributed by atoms with Gasteiger partial charge in [-0.15, -0.1) is 0 Å². The van der Waals surface area contributed by atoms with Crippen molar-refractivity contribution in [3.05, 3.63) is 0 Å². The molecule has 0 amide bonds. The minimum atomic E-state index is 0.675. The van der Waals surface area contributed by atoms with Gasteiger partial charge in [-0.05, 0) is 58.5 Å². The first kappa shape index (κ1) is 14.4. The van der Waals surface area contributed by atoms with Gasteiger partial charge in [0.2, 0.25) is 0 Å². The average molecular weight is 243 g/mol. The zero-order valence-corrected chi connectivity index (χ0v) is 12.3. The van der Waals surface area contributed by atoms with Crippen molar-refractivity contribution < 1.29 is 0 Å². The molecule has 0 bridgehead atoms. The van der Waals surface area contributed by atoms with Gasteiger partial charge in [0, 0.05) is 11.3 Å². The van der Waals surface area contributed by atoms with Gasteiger partial charge < -0.3 is 4.90 Å². The Morgan fingerprint density at radius 2 is 2.00 bits per heavy atom. The highest BCUT2D eigenvalue weighted by molar-refractivity contribution is 7.81. The molecule has 0 aromatic carbocycles. The van der Waals surface area contributed by atoms with Crippen LogP contribution >= 0.6 is 12.6 Å². The molecule has 1 fully saturated rings. The molecule has 4 unspecified atom stereocenters. The molecule has 1 aliphatic carbocycles. The molecule has 0 aromatic heterocycles. The zero-order chi connectivity index (χ0) is 12.1. The van der Waals surface area contributed by atoms with Gasteiger partial charge in [0.1, 0.15) is 0 Å². The van der Waals surface area contributed by atoms with Crippen molar-refractivity contribution in [3.63, 3.8) is 0 Å². The Hall–Kier alpha value is 0.310. The minimum Gasteiger partial charge on any atom is -0.306 e. The molecule has 0 spiro atoms. The fraction of sp³-hybridized carbons (Fsp3) is 1.00. The molecule has 1 rings (SSSR count). The minimum absolute atomic E-state index is 0.675. The molecule has 0 aromatic rings. The van der Waals surface area contributed by atoms with Crippen molar-refractivity contribution in [1.82, 2.24) is 4.90 Å². The molecular weight excluding hydrogens is 214 g/mol. The average Bonchev–Trinajstić information content (AvgIpc) is 2.62. The Balaban J connectivity index is 2.49. The standard InChI is InChI=1S/C14H29NS/c1-5-7-12(11(2)15(3)4)10-13-8-6-9-14(13)16/h11-14,16H,5-10H2,1-4H3. The second-order valence-corrected chi connectivity index (χ2v) is 6.41. The van der Waals surface area contributed by atoms with Crippen molar-refractivity contribution in [2.24, 2.45) is 11.8 Å². The van der Waals surface area contributed by atoms with E-state index in [0.29, 0.717) is 11.3 Å². The van der Waals surface area contributed by atoms with Crippen LogP contribution in [0.3, 0.4) is 0 Å². The van der Waals surface area contributed by atoms with Gasteiger partial charge in [0.15, 0.2) is 0 Å². The lowest BCUT2D eigenvalue weighted by Crippen LogP contribution is -2.34. The summed E-state index contributed by atoms with van der Waals surface area (Å²) in [6.45, 7) is 4.69. The van der Waals surface area contributed by atoms with Crippen LogP contribution in [0.2, 0.25) is 0 Å². The van der Waals surface area contributed by atoms with Gasteiger partial charge in [-0.3, -0.25) is 0 Å². The van der Waals surface area contributed by atoms with Gasteiger partial charge in [-0.1, -0.05) is 19.8 Å². The lowest BCUT2D eigenvalue weighted by atomic mass is 9.85. The van der Waals surface area contributed by atoms with E-state index in [-0.39, 0.29) is 0 Å². The largest absolute Gasteiger partial charge is 0.306 e. The molecule has 1 saturated carbocycles. The topological polar surface area (TPSA) is 3.24 Å². The van der Waals surface area contributed by atoms with Crippen molar-refractivity contribution in [2.45, 2.75) is 63.7 Å². The third-order valence-electron chi connectivity index (χ3n) is 4.38. The number of hydrogen-bond acceptors (Lipinski definition) is 2. The van der Waals surface area contributed by atoms with Crippen LogP contribution in [0.1, 0.15) is 52.4 Å². The maximum atomic E-state index is 4.74. The summed E-state index contributed by atoms with van der Waals surface area (Å²) >= 11 is 4.74. The zero-order valence-electron chi connectivity index (χ0n) is 11.4. The van der Waals surface area contributed by atoms with Crippen molar-refractivity contribution in [2.75, 3.05) is 14.1 Å². The Morgan fingerprint density at radius 1 is 1.31 bits per heavy atom. The first-order chi connectivity index (χ1) is 7.56. The van der Waals surface area contributed by atoms with E-state index in [0.717, 1.165) is 11.8 Å². The molecule has 4 atom stereocenters. The van der Waals surface area contributed by atoms with Gasteiger partial charge >= 0.3 is 0 Å². The van der Waals surface area contributed by atoms with Crippen LogP contribution in [0.4, 0.5) is 0 Å². The first-order valence-corrected chi connectivity index (χ1v) is 7.42. The van der Waals surface area contributed by atoms with E-state index in [1.165, 1.54) is 38.5 Å². The summed E-state index contributed by atoms with van der Waals surface area (Å²) in [7, 11) is 4.42. The molecular formula is C14H29NS. The van der Waals surface area contributed by atoms with E-state index in [9.17, 15) is 0 Å². The predicted octanol–water partition coefficient (Wildman–Crippen LogP) is 3.84. The van der Waals surface area contributed by atoms with Crippen LogP contribution in [0, 0.1) is 11.8 Å². The molecule has 1 nitrogen and oxygen atoms in total. The van der Waals surface area contributed by atoms with E-state index in [2.05, 4.69) is 32.8 Å². The number of nitrogens with zero attached hydrogens (tertiary/aromatic N) is 1. The predicted molar refractivity (Wildman–Crippen MR) is 76.3 cm³/mol. The van der Waals surface area contributed by atoms with Crippen LogP contribution in [-0.2, 0) is 0 Å². The summed E-state index contributed by atoms with van der Waals surface area (Å²) in [5.74, 6) is 1.74. The fourth-order valence-electron chi connectivity index (χ4n) is 3.03. The summed E-state index contributed by atoms with van der Waals surface area (Å²) in [5, 5.41) is 0.675. The summed E-state index contributed by atoms with van der Waals surface area (Å²) in [6, 6.07) is 0.709. The quantitative estimate of drug-likeness (QED) is 0.694. The lowest BCUT2D eigenvalue weighted by molar-refractivity contribution is 0.188. The highest BCUT2D eigenvalue weighted by Gasteiger charge is 2.29. The maximum absolute atomic E-state index is 4.74. The van der Waals surface area contributed by atoms with Crippen LogP contribution in [-0.4, -0.2) is 30.3 Å². The van der Waals surface area contributed by atoms with E-state index >= 15 is 0 Å². The van der Waals surface area contributed by atoms with Gasteiger partial charge in [-0.2, -0.15) is 12.6 Å². The molecule has 1 aliphatic rings. The second-order valence-electron chi connectivity index (χ2n) is 5.75. The Morgan fingerprint density at radius 3 is 2.44 bits per heavy atom. The van der Waals surface area contributed by atoms with Crippen LogP contribution in [0.25, 0.3) is 0 Å². The number of rotatable bonds is 6. The van der Waals surface area contributed by atoms with Crippen molar-refractivity contribution >= 4 is 12.6 Å². The van der Waals surface area contributed by atoms with Gasteiger partial charge in [0.05, 0.1) is 0 Å². The monoisotopic (exact) mass is 243 g/mol. The smallest absolute Gasteiger partial charge is 0.00892 e. The maximum Gasteiger partial charge on any atom is 0.00892 e. The molecule has 0 heterocycles. The van der Waals surface area contributed by atoms with Crippen molar-refractivity contribution in [3.8, 4) is 0 Å². The lowest BCUT2D eigenvalue weighted by Gasteiger charge is -2.32. The SMILES string of the molecule is CCCC(CC1CCCC1S)C(C)N(C)C. The highest BCUT2D eigenvalue weighted by Crippen LogP contribution is 2.36. The normalized spacial score (nSPS) is 29.6. The molecule has 0 radical (unpaired) electrons. The van der Waals surface area contributed by atoms with Gasteiger partial charge in [-0.25, -0.2) is 0 Å². The Kier molecular flexibility index (Phi) is 6.20. The van der Waals surface area contributed by atoms with E-state index in [4.69, 9.17) is 12.6 Å². The third kappa shape index (κ3) is 3.96. The van der Waals surface area contributed by atoms with Crippen LogP contribution in [0.15, 0.2) is 0 Å². The molecule has 96 valence electrons. The summed E-state index contributed by atoms with van der Waals surface area (Å²) < 4.78 is 0. The number of thiol groups is 1. The molecule has 16 heavy (non-hydrogen) atoms. The van der Waals surface area contributed by atoms with Crippen LogP contribution < -0.4 is 0 Å². The Bertz CT molecular complexity index is 193. The van der Waals surface area contributed by atoms with E-state index in [1.807, 2.05) is 0 Å². The first-order valence-electron chi connectivity index (χ1n) is 6.90. The highest BCUT2D eigenvalue weighted by atomic mass is 32.1. The molecule has 0 N–H and O–H groups in total. The summed E-state index contributed by atoms with van der Waals surface area (Å²) in [5.41, 5.74) is 0. The second kappa shape index (κ2) is 6.90. The van der Waals surface area contributed by atoms with E-state index < -0.39 is 0 Å². The van der Waals surface area contributed by atoms with Crippen molar-refractivity contribution in [1.29, 1.82) is 0 Å². The summed E-state index contributed by atoms with van der Waals surface area (Å²) in [6.07, 6.45) is 8.22. The summed E-state index contributed by atoms with van der Waals surface area (Å²) in [4.78, 5) is 2.38. The Labute approximate surface area is 107 Å². The van der Waals surface area contributed by atoms with Gasteiger partial charge in [0.25, 0.3) is 0 Å². The van der Waals surface area contributed by atoms with E-state index in [1.54, 1.807) is 0 Å². The third-order valence-corrected chi connectivity index (χ3v) is 5.06. The number of hydrogen-bond donors (Lipinski definition) is 1. The fourth-order valence-corrected chi connectivity index (χ4v) is 3.48. The molecule has 0 aliphatic heterocycles.